The minimum absolute atomic E-state index is 0.151. The number of nitrogens with one attached hydrogen (secondary N) is 1. The van der Waals surface area contributed by atoms with Gasteiger partial charge in [-0.15, -0.1) is 0 Å². The molecule has 5 nitrogen and oxygen atoms in total. The fraction of sp³-hybridized carbons (Fsp3) is 0.917. The minimum Gasteiger partial charge on any atom is -0.480 e. The van der Waals surface area contributed by atoms with Crippen molar-refractivity contribution in [1.29, 1.82) is 0 Å². The van der Waals surface area contributed by atoms with Crippen LogP contribution in [0.4, 0.5) is 0 Å². The molecule has 0 amide bonds. The molecular formula is C12H21NO4. The molecule has 2 N–H and O–H groups in total. The van der Waals surface area contributed by atoms with Gasteiger partial charge >= 0.3 is 5.97 Å². The molecule has 0 aromatic heterocycles. The van der Waals surface area contributed by atoms with Crippen LogP contribution >= 0.6 is 0 Å². The maximum absolute atomic E-state index is 11.4. The predicted molar refractivity (Wildman–Crippen MR) is 61.9 cm³/mol. The molecule has 0 bridgehead atoms. The quantitative estimate of drug-likeness (QED) is 0.686. The summed E-state index contributed by atoms with van der Waals surface area (Å²) in [7, 11) is 1.70. The van der Waals surface area contributed by atoms with E-state index < -0.39 is 11.5 Å². The highest BCUT2D eigenvalue weighted by molar-refractivity contribution is 5.80. The highest BCUT2D eigenvalue weighted by atomic mass is 16.5. The number of carbonyl (C=O) groups is 1. The smallest absolute Gasteiger partial charge is 0.326 e. The number of likely N-dealkylation sites (N-methyl/N-ethyl adjacent to an activating group) is 1. The fourth-order valence-corrected chi connectivity index (χ4v) is 2.44. The summed E-state index contributed by atoms with van der Waals surface area (Å²) in [5, 5.41) is 12.3. The molecule has 17 heavy (non-hydrogen) atoms. The Hall–Kier alpha value is -0.650. The molecule has 1 aliphatic heterocycles. The van der Waals surface area contributed by atoms with Crippen molar-refractivity contribution in [1.82, 2.24) is 5.32 Å². The molecule has 2 aliphatic rings. The third-order valence-electron chi connectivity index (χ3n) is 3.76. The van der Waals surface area contributed by atoms with Crippen LogP contribution in [-0.4, -0.2) is 49.6 Å². The lowest BCUT2D eigenvalue weighted by Gasteiger charge is -2.29. The van der Waals surface area contributed by atoms with Gasteiger partial charge in [0.05, 0.1) is 19.3 Å². The summed E-state index contributed by atoms with van der Waals surface area (Å²) in [6.07, 6.45) is 4.18. The molecule has 1 saturated heterocycles. The molecule has 2 fully saturated rings. The molecule has 98 valence electrons. The van der Waals surface area contributed by atoms with E-state index in [0.717, 1.165) is 32.3 Å². The van der Waals surface area contributed by atoms with Crippen LogP contribution in [-0.2, 0) is 14.3 Å². The van der Waals surface area contributed by atoms with Crippen molar-refractivity contribution in [2.75, 3.05) is 26.9 Å². The van der Waals surface area contributed by atoms with Crippen molar-refractivity contribution in [3.8, 4) is 0 Å². The van der Waals surface area contributed by atoms with E-state index in [1.54, 1.807) is 7.05 Å². The van der Waals surface area contributed by atoms with Crippen LogP contribution in [0, 0.1) is 5.92 Å². The van der Waals surface area contributed by atoms with Crippen molar-refractivity contribution < 1.29 is 19.4 Å². The lowest BCUT2D eigenvalue weighted by atomic mass is 9.94. The van der Waals surface area contributed by atoms with Gasteiger partial charge in [0.1, 0.15) is 5.54 Å². The van der Waals surface area contributed by atoms with Crippen molar-refractivity contribution in [2.24, 2.45) is 5.92 Å². The topological polar surface area (TPSA) is 67.8 Å². The summed E-state index contributed by atoms with van der Waals surface area (Å²) in [6.45, 7) is 1.53. The third-order valence-corrected chi connectivity index (χ3v) is 3.76. The van der Waals surface area contributed by atoms with E-state index in [1.807, 2.05) is 0 Å². The molecule has 1 saturated carbocycles. The number of rotatable bonds is 7. The first-order chi connectivity index (χ1) is 8.19. The Balaban J connectivity index is 1.82. The number of hydrogen-bond acceptors (Lipinski definition) is 4. The Morgan fingerprint density at radius 2 is 2.29 bits per heavy atom. The van der Waals surface area contributed by atoms with Gasteiger partial charge in [-0.2, -0.15) is 0 Å². The van der Waals surface area contributed by atoms with E-state index in [0.29, 0.717) is 6.61 Å². The Bertz CT molecular complexity index is 274. The first-order valence-electron chi connectivity index (χ1n) is 6.30. The summed E-state index contributed by atoms with van der Waals surface area (Å²) in [4.78, 5) is 11.4. The van der Waals surface area contributed by atoms with Gasteiger partial charge in [-0.1, -0.05) is 0 Å². The maximum Gasteiger partial charge on any atom is 0.326 e. The van der Waals surface area contributed by atoms with Gasteiger partial charge in [0.15, 0.2) is 0 Å². The Morgan fingerprint density at radius 3 is 2.76 bits per heavy atom. The lowest BCUT2D eigenvalue weighted by molar-refractivity contribution is -0.149. The zero-order valence-corrected chi connectivity index (χ0v) is 10.3. The highest BCUT2D eigenvalue weighted by Crippen LogP contribution is 2.40. The van der Waals surface area contributed by atoms with E-state index in [2.05, 4.69) is 5.32 Å². The van der Waals surface area contributed by atoms with Crippen LogP contribution in [0.25, 0.3) is 0 Å². The Labute approximate surface area is 101 Å². The molecule has 5 heteroatoms. The molecular weight excluding hydrogens is 222 g/mol. The summed E-state index contributed by atoms with van der Waals surface area (Å²) in [6, 6.07) is 0. The maximum atomic E-state index is 11.4. The summed E-state index contributed by atoms with van der Waals surface area (Å²) in [5.41, 5.74) is -0.904. The molecule has 2 atom stereocenters. The SMILES string of the molecule is CNC(COCC1CCCO1)(C(=O)O)C1CC1. The second kappa shape index (κ2) is 5.33. The second-order valence-corrected chi connectivity index (χ2v) is 4.95. The van der Waals surface area contributed by atoms with Crippen LogP contribution in [0.2, 0.25) is 0 Å². The summed E-state index contributed by atoms with van der Waals surface area (Å²) >= 11 is 0. The predicted octanol–water partition coefficient (Wildman–Crippen LogP) is 0.635. The average molecular weight is 243 g/mol. The van der Waals surface area contributed by atoms with Crippen LogP contribution in [0.3, 0.4) is 0 Å². The van der Waals surface area contributed by atoms with Crippen LogP contribution in [0.15, 0.2) is 0 Å². The van der Waals surface area contributed by atoms with E-state index >= 15 is 0 Å². The Morgan fingerprint density at radius 1 is 1.53 bits per heavy atom. The molecule has 1 heterocycles. The zero-order chi connectivity index (χ0) is 12.3. The van der Waals surface area contributed by atoms with Gasteiger partial charge < -0.3 is 19.9 Å². The normalized spacial score (nSPS) is 27.9. The molecule has 1 aliphatic carbocycles. The van der Waals surface area contributed by atoms with Crippen LogP contribution in [0.1, 0.15) is 25.7 Å². The first-order valence-corrected chi connectivity index (χ1v) is 6.30. The third kappa shape index (κ3) is 2.78. The fourth-order valence-electron chi connectivity index (χ4n) is 2.44. The number of hydrogen-bond donors (Lipinski definition) is 2. The van der Waals surface area contributed by atoms with Crippen LogP contribution in [0.5, 0.6) is 0 Å². The molecule has 2 unspecified atom stereocenters. The van der Waals surface area contributed by atoms with E-state index in [-0.39, 0.29) is 18.6 Å². The number of aliphatic carboxylic acids is 1. The van der Waals surface area contributed by atoms with Gasteiger partial charge in [-0.25, -0.2) is 0 Å². The van der Waals surface area contributed by atoms with Gasteiger partial charge in [0, 0.05) is 6.61 Å². The average Bonchev–Trinajstić information content (AvgIpc) is 3.03. The number of carboxylic acid groups (broad SMARTS) is 1. The van der Waals surface area contributed by atoms with E-state index in [9.17, 15) is 9.90 Å². The van der Waals surface area contributed by atoms with Gasteiger partial charge in [-0.3, -0.25) is 4.79 Å². The standard InChI is InChI=1S/C12H21NO4/c1-13-12(11(14)15,9-4-5-9)8-16-7-10-3-2-6-17-10/h9-10,13H,2-8H2,1H3,(H,14,15). The zero-order valence-electron chi connectivity index (χ0n) is 10.3. The minimum atomic E-state index is -0.904. The van der Waals surface area contributed by atoms with Gasteiger partial charge in [0.2, 0.25) is 0 Å². The molecule has 2 rings (SSSR count). The molecule has 0 aromatic carbocycles. The number of ether oxygens (including phenoxy) is 2. The summed E-state index contributed by atoms with van der Waals surface area (Å²) < 4.78 is 11.0. The second-order valence-electron chi connectivity index (χ2n) is 4.95. The summed E-state index contributed by atoms with van der Waals surface area (Å²) in [5.74, 6) is -0.607. The van der Waals surface area contributed by atoms with E-state index in [1.165, 1.54) is 0 Å². The largest absolute Gasteiger partial charge is 0.480 e. The number of carboxylic acids is 1. The van der Waals surface area contributed by atoms with Gasteiger partial charge in [-0.05, 0) is 38.6 Å². The van der Waals surface area contributed by atoms with Crippen molar-refractivity contribution in [3.05, 3.63) is 0 Å². The Kier molecular flexibility index (Phi) is 4.01. The van der Waals surface area contributed by atoms with Crippen molar-refractivity contribution in [2.45, 2.75) is 37.3 Å². The van der Waals surface area contributed by atoms with Crippen LogP contribution < -0.4 is 5.32 Å². The van der Waals surface area contributed by atoms with Gasteiger partial charge in [0.25, 0.3) is 0 Å². The van der Waals surface area contributed by atoms with Crippen molar-refractivity contribution in [3.63, 3.8) is 0 Å². The van der Waals surface area contributed by atoms with E-state index in [4.69, 9.17) is 9.47 Å². The first kappa shape index (κ1) is 12.8. The monoisotopic (exact) mass is 243 g/mol. The van der Waals surface area contributed by atoms with Crippen molar-refractivity contribution >= 4 is 5.97 Å². The lowest BCUT2D eigenvalue weighted by Crippen LogP contribution is -2.56. The highest BCUT2D eigenvalue weighted by Gasteiger charge is 2.50. The molecule has 0 aromatic rings. The molecule has 0 spiro atoms. The molecule has 0 radical (unpaired) electrons.